The van der Waals surface area contributed by atoms with Gasteiger partial charge in [-0.2, -0.15) is 0 Å². The molecule has 15 heavy (non-hydrogen) atoms. The molecule has 2 aliphatic rings. The standard InChI is InChI=1S/C14H25N/c1-13(2)7-8-14(3,4)12(13)11(15)9-10-5-6-10/h9-10,12H,5-8,15H2,1-4H3. The van der Waals surface area contributed by atoms with Gasteiger partial charge in [-0.3, -0.25) is 0 Å². The molecule has 2 saturated carbocycles. The number of nitrogens with two attached hydrogens (primary N) is 1. The summed E-state index contributed by atoms with van der Waals surface area (Å²) in [5.41, 5.74) is 8.28. The highest BCUT2D eigenvalue weighted by molar-refractivity contribution is 5.17. The van der Waals surface area contributed by atoms with E-state index in [1.165, 1.54) is 31.4 Å². The van der Waals surface area contributed by atoms with Crippen molar-refractivity contribution in [1.82, 2.24) is 0 Å². The van der Waals surface area contributed by atoms with Gasteiger partial charge < -0.3 is 5.73 Å². The van der Waals surface area contributed by atoms with E-state index in [0.717, 1.165) is 5.92 Å². The van der Waals surface area contributed by atoms with Gasteiger partial charge >= 0.3 is 0 Å². The molecule has 0 aromatic heterocycles. The summed E-state index contributed by atoms with van der Waals surface area (Å²) < 4.78 is 0. The summed E-state index contributed by atoms with van der Waals surface area (Å²) in [6.45, 7) is 9.50. The van der Waals surface area contributed by atoms with Crippen LogP contribution in [0.4, 0.5) is 0 Å². The fraction of sp³-hybridized carbons (Fsp3) is 0.857. The SMILES string of the molecule is CC1(C)CCC(C)(C)C1C(N)=CC1CC1. The highest BCUT2D eigenvalue weighted by Gasteiger charge is 2.48. The lowest BCUT2D eigenvalue weighted by Crippen LogP contribution is -2.32. The van der Waals surface area contributed by atoms with Crippen LogP contribution in [0.5, 0.6) is 0 Å². The van der Waals surface area contributed by atoms with E-state index in [2.05, 4.69) is 33.8 Å². The largest absolute Gasteiger partial charge is 0.402 e. The van der Waals surface area contributed by atoms with Gasteiger partial charge in [-0.15, -0.1) is 0 Å². The number of allylic oxidation sites excluding steroid dienone is 2. The third kappa shape index (κ3) is 2.07. The molecule has 0 saturated heterocycles. The summed E-state index contributed by atoms with van der Waals surface area (Å²) in [5.74, 6) is 1.38. The molecule has 0 aromatic rings. The van der Waals surface area contributed by atoms with Crippen molar-refractivity contribution in [1.29, 1.82) is 0 Å². The van der Waals surface area contributed by atoms with Crippen molar-refractivity contribution < 1.29 is 0 Å². The highest BCUT2D eigenvalue weighted by atomic mass is 14.7. The molecule has 1 heteroatoms. The van der Waals surface area contributed by atoms with Crippen LogP contribution >= 0.6 is 0 Å². The van der Waals surface area contributed by atoms with Crippen molar-refractivity contribution in [2.45, 2.75) is 53.4 Å². The van der Waals surface area contributed by atoms with Gasteiger partial charge in [0.15, 0.2) is 0 Å². The monoisotopic (exact) mass is 207 g/mol. The van der Waals surface area contributed by atoms with Gasteiger partial charge in [-0.1, -0.05) is 33.8 Å². The van der Waals surface area contributed by atoms with Crippen molar-refractivity contribution in [2.24, 2.45) is 28.4 Å². The van der Waals surface area contributed by atoms with Crippen molar-refractivity contribution >= 4 is 0 Å². The Balaban J connectivity index is 2.23. The second-order valence-corrected chi connectivity index (χ2v) is 6.91. The molecule has 2 aliphatic carbocycles. The smallest absolute Gasteiger partial charge is 0.00850 e. The summed E-state index contributed by atoms with van der Waals surface area (Å²) in [6.07, 6.45) is 7.68. The zero-order valence-corrected chi connectivity index (χ0v) is 10.6. The number of rotatable bonds is 2. The Morgan fingerprint density at radius 3 is 1.93 bits per heavy atom. The van der Waals surface area contributed by atoms with E-state index in [-0.39, 0.29) is 0 Å². The molecule has 0 heterocycles. The zero-order chi connectivity index (χ0) is 11.3. The van der Waals surface area contributed by atoms with Crippen LogP contribution in [0.3, 0.4) is 0 Å². The first kappa shape index (κ1) is 11.0. The second kappa shape index (κ2) is 3.26. The zero-order valence-electron chi connectivity index (χ0n) is 10.6. The lowest BCUT2D eigenvalue weighted by Gasteiger charge is -2.36. The summed E-state index contributed by atoms with van der Waals surface area (Å²) in [4.78, 5) is 0. The van der Waals surface area contributed by atoms with Gasteiger partial charge in [0.05, 0.1) is 0 Å². The summed E-state index contributed by atoms with van der Waals surface area (Å²) in [6, 6.07) is 0. The van der Waals surface area contributed by atoms with E-state index in [0.29, 0.717) is 16.7 Å². The molecule has 0 atom stereocenters. The van der Waals surface area contributed by atoms with E-state index in [1.54, 1.807) is 0 Å². The predicted molar refractivity (Wildman–Crippen MR) is 65.3 cm³/mol. The highest BCUT2D eigenvalue weighted by Crippen LogP contribution is 2.56. The fourth-order valence-electron chi connectivity index (χ4n) is 3.52. The van der Waals surface area contributed by atoms with E-state index in [1.807, 2.05) is 0 Å². The first-order valence-corrected chi connectivity index (χ1v) is 6.30. The van der Waals surface area contributed by atoms with E-state index >= 15 is 0 Å². The van der Waals surface area contributed by atoms with Gasteiger partial charge in [-0.25, -0.2) is 0 Å². The van der Waals surface area contributed by atoms with Gasteiger partial charge in [0, 0.05) is 11.6 Å². The van der Waals surface area contributed by atoms with Crippen molar-refractivity contribution in [3.05, 3.63) is 11.8 Å². The lowest BCUT2D eigenvalue weighted by molar-refractivity contribution is 0.194. The Labute approximate surface area is 94.1 Å². The second-order valence-electron chi connectivity index (χ2n) is 6.91. The third-order valence-electron chi connectivity index (χ3n) is 4.36. The van der Waals surface area contributed by atoms with Gasteiger partial charge in [0.1, 0.15) is 0 Å². The average molecular weight is 207 g/mol. The molecule has 0 amide bonds. The molecule has 2 N–H and O–H groups in total. The molecule has 0 aliphatic heterocycles. The van der Waals surface area contributed by atoms with Crippen LogP contribution in [-0.4, -0.2) is 0 Å². The van der Waals surface area contributed by atoms with Gasteiger partial charge in [0.2, 0.25) is 0 Å². The molecular weight excluding hydrogens is 182 g/mol. The molecule has 2 rings (SSSR count). The Morgan fingerprint density at radius 2 is 1.53 bits per heavy atom. The maximum Gasteiger partial charge on any atom is 0.00850 e. The van der Waals surface area contributed by atoms with Gasteiger partial charge in [-0.05, 0) is 42.4 Å². The molecule has 0 aromatic carbocycles. The lowest BCUT2D eigenvalue weighted by atomic mass is 9.70. The molecule has 86 valence electrons. The molecular formula is C14H25N. The van der Waals surface area contributed by atoms with Crippen LogP contribution in [0.2, 0.25) is 0 Å². The summed E-state index contributed by atoms with van der Waals surface area (Å²) in [7, 11) is 0. The third-order valence-corrected chi connectivity index (χ3v) is 4.36. The van der Waals surface area contributed by atoms with Crippen LogP contribution in [-0.2, 0) is 0 Å². The van der Waals surface area contributed by atoms with Crippen LogP contribution in [0.15, 0.2) is 11.8 Å². The van der Waals surface area contributed by atoms with Crippen molar-refractivity contribution in [3.8, 4) is 0 Å². The first-order chi connectivity index (χ1) is 6.83. The normalized spacial score (nSPS) is 30.8. The Morgan fingerprint density at radius 1 is 1.07 bits per heavy atom. The molecule has 0 spiro atoms. The molecule has 1 nitrogen and oxygen atoms in total. The van der Waals surface area contributed by atoms with Crippen LogP contribution in [0.1, 0.15) is 53.4 Å². The Kier molecular flexibility index (Phi) is 2.40. The minimum Gasteiger partial charge on any atom is -0.402 e. The van der Waals surface area contributed by atoms with Crippen LogP contribution < -0.4 is 5.73 Å². The van der Waals surface area contributed by atoms with E-state index < -0.39 is 0 Å². The Bertz CT molecular complexity index is 266. The van der Waals surface area contributed by atoms with Gasteiger partial charge in [0.25, 0.3) is 0 Å². The number of hydrogen-bond donors (Lipinski definition) is 1. The summed E-state index contributed by atoms with van der Waals surface area (Å²) in [5, 5.41) is 0. The van der Waals surface area contributed by atoms with E-state index in [9.17, 15) is 0 Å². The van der Waals surface area contributed by atoms with Crippen LogP contribution in [0, 0.1) is 22.7 Å². The minimum atomic E-state index is 0.388. The predicted octanol–water partition coefficient (Wildman–Crippen LogP) is 3.70. The van der Waals surface area contributed by atoms with Crippen molar-refractivity contribution in [2.75, 3.05) is 0 Å². The average Bonchev–Trinajstić information content (AvgIpc) is 2.80. The summed E-state index contributed by atoms with van der Waals surface area (Å²) >= 11 is 0. The first-order valence-electron chi connectivity index (χ1n) is 6.30. The molecule has 2 fully saturated rings. The molecule has 0 radical (unpaired) electrons. The van der Waals surface area contributed by atoms with Crippen molar-refractivity contribution in [3.63, 3.8) is 0 Å². The fourth-order valence-corrected chi connectivity index (χ4v) is 3.52. The number of hydrogen-bond acceptors (Lipinski definition) is 1. The van der Waals surface area contributed by atoms with Crippen LogP contribution in [0.25, 0.3) is 0 Å². The maximum atomic E-state index is 6.33. The minimum absolute atomic E-state index is 0.388. The maximum absolute atomic E-state index is 6.33. The van der Waals surface area contributed by atoms with E-state index in [4.69, 9.17) is 5.73 Å². The Hall–Kier alpha value is -0.460. The topological polar surface area (TPSA) is 26.0 Å². The molecule has 0 unspecified atom stereocenters. The quantitative estimate of drug-likeness (QED) is 0.734. The molecule has 0 bridgehead atoms.